The van der Waals surface area contributed by atoms with Gasteiger partial charge in [0.2, 0.25) is 5.91 Å². The minimum absolute atomic E-state index is 0.0681. The fourth-order valence-electron chi connectivity index (χ4n) is 2.89. The maximum atomic E-state index is 12.8. The average Bonchev–Trinajstić information content (AvgIpc) is 2.69. The summed E-state index contributed by atoms with van der Waals surface area (Å²) in [7, 11) is 0. The van der Waals surface area contributed by atoms with Crippen molar-refractivity contribution < 1.29 is 4.79 Å². The number of aryl methyl sites for hydroxylation is 2. The van der Waals surface area contributed by atoms with E-state index in [0.717, 1.165) is 29.8 Å². The van der Waals surface area contributed by atoms with Gasteiger partial charge in [-0.1, -0.05) is 35.9 Å². The van der Waals surface area contributed by atoms with Gasteiger partial charge >= 0.3 is 0 Å². The molecule has 114 valence electrons. The minimum Gasteiger partial charge on any atom is -0.280 e. The van der Waals surface area contributed by atoms with E-state index in [4.69, 9.17) is 23.2 Å². The van der Waals surface area contributed by atoms with Gasteiger partial charge in [0.1, 0.15) is 0 Å². The van der Waals surface area contributed by atoms with Gasteiger partial charge in [-0.2, -0.15) is 0 Å². The number of para-hydroxylation sites is 1. The third kappa shape index (κ3) is 2.99. The third-order valence-electron chi connectivity index (χ3n) is 3.96. The summed E-state index contributed by atoms with van der Waals surface area (Å²) in [6.07, 6.45) is 2.94. The molecule has 2 aromatic carbocycles. The predicted octanol–water partition coefficient (Wildman–Crippen LogP) is 5.12. The van der Waals surface area contributed by atoms with Crippen LogP contribution >= 0.6 is 23.2 Å². The molecule has 0 bridgehead atoms. The van der Waals surface area contributed by atoms with Crippen LogP contribution in [0.15, 0.2) is 42.5 Å². The molecule has 0 aromatic heterocycles. The molecule has 2 aromatic rings. The second kappa shape index (κ2) is 6.72. The number of fused-ring (bicyclic) bond motifs is 2. The van der Waals surface area contributed by atoms with E-state index in [2.05, 4.69) is 6.07 Å². The van der Waals surface area contributed by atoms with Crippen LogP contribution in [0.2, 0.25) is 5.02 Å². The van der Waals surface area contributed by atoms with Gasteiger partial charge in [0.25, 0.3) is 0 Å². The highest BCUT2D eigenvalue weighted by atomic mass is 35.5. The number of nitrogens with zero attached hydrogens (tertiary/aromatic N) is 1. The summed E-state index contributed by atoms with van der Waals surface area (Å²) in [5.41, 5.74) is 4.20. The topological polar surface area (TPSA) is 20.3 Å². The Morgan fingerprint density at radius 1 is 1.05 bits per heavy atom. The Labute approximate surface area is 140 Å². The number of carbonyl (C=O) groups excluding carboxylic acids is 1. The van der Waals surface area contributed by atoms with Crippen molar-refractivity contribution in [2.75, 3.05) is 10.8 Å². The van der Waals surface area contributed by atoms with Crippen molar-refractivity contribution >= 4 is 40.5 Å². The number of carbonyl (C=O) groups is 1. The summed E-state index contributed by atoms with van der Waals surface area (Å²) in [6, 6.07) is 13.9. The molecule has 0 spiro atoms. The van der Waals surface area contributed by atoms with E-state index in [9.17, 15) is 4.79 Å². The number of alkyl halides is 1. The van der Waals surface area contributed by atoms with E-state index < -0.39 is 0 Å². The zero-order chi connectivity index (χ0) is 15.5. The standard InChI is InChI=1S/C18H17Cl2NO/c19-11-3-6-18(22)21-16-5-2-1-4-13(16)7-8-14-9-10-15(20)12-17(14)21/h1-2,4-5,9-10,12H,3,6-8,11H2. The highest BCUT2D eigenvalue weighted by Gasteiger charge is 2.25. The molecule has 1 aliphatic rings. The first-order chi connectivity index (χ1) is 10.7. The molecule has 0 fully saturated rings. The summed E-state index contributed by atoms with van der Waals surface area (Å²) in [4.78, 5) is 14.6. The molecule has 4 heteroatoms. The number of benzene rings is 2. The van der Waals surface area contributed by atoms with Crippen molar-refractivity contribution in [1.82, 2.24) is 0 Å². The summed E-state index contributed by atoms with van der Waals surface area (Å²) in [6.45, 7) is 0. The van der Waals surface area contributed by atoms with Crippen LogP contribution in [0.25, 0.3) is 0 Å². The Morgan fingerprint density at radius 3 is 2.55 bits per heavy atom. The second-order valence-electron chi connectivity index (χ2n) is 5.42. The van der Waals surface area contributed by atoms with Gasteiger partial charge in [-0.25, -0.2) is 0 Å². The molecule has 2 nitrogen and oxygen atoms in total. The van der Waals surface area contributed by atoms with Crippen LogP contribution in [0, 0.1) is 0 Å². The van der Waals surface area contributed by atoms with Crippen molar-refractivity contribution in [1.29, 1.82) is 0 Å². The second-order valence-corrected chi connectivity index (χ2v) is 6.24. The molecule has 0 radical (unpaired) electrons. The fourth-order valence-corrected chi connectivity index (χ4v) is 3.19. The van der Waals surface area contributed by atoms with Crippen molar-refractivity contribution in [2.24, 2.45) is 0 Å². The third-order valence-corrected chi connectivity index (χ3v) is 4.46. The van der Waals surface area contributed by atoms with E-state index in [1.165, 1.54) is 5.56 Å². The largest absolute Gasteiger partial charge is 0.280 e. The molecular formula is C18H17Cl2NO. The molecule has 1 heterocycles. The summed E-state index contributed by atoms with van der Waals surface area (Å²) >= 11 is 11.9. The van der Waals surface area contributed by atoms with Gasteiger partial charge in [-0.3, -0.25) is 9.69 Å². The highest BCUT2D eigenvalue weighted by molar-refractivity contribution is 6.31. The molecule has 0 N–H and O–H groups in total. The Bertz CT molecular complexity index is 699. The van der Waals surface area contributed by atoms with E-state index in [1.54, 1.807) is 0 Å². The van der Waals surface area contributed by atoms with Gasteiger partial charge in [0.15, 0.2) is 0 Å². The Kier molecular flexibility index (Phi) is 4.70. The first kappa shape index (κ1) is 15.4. The molecule has 0 atom stereocenters. The minimum atomic E-state index is 0.0681. The van der Waals surface area contributed by atoms with Gasteiger partial charge in [0, 0.05) is 17.3 Å². The number of hydrogen-bond acceptors (Lipinski definition) is 1. The average molecular weight is 334 g/mol. The smallest absolute Gasteiger partial charge is 0.231 e. The van der Waals surface area contributed by atoms with Crippen molar-refractivity contribution in [2.45, 2.75) is 25.7 Å². The lowest BCUT2D eigenvalue weighted by Gasteiger charge is -2.25. The number of halogens is 2. The number of anilines is 2. The zero-order valence-corrected chi connectivity index (χ0v) is 13.7. The van der Waals surface area contributed by atoms with E-state index in [1.807, 2.05) is 41.3 Å². The lowest BCUT2D eigenvalue weighted by atomic mass is 10.0. The first-order valence-electron chi connectivity index (χ1n) is 7.46. The van der Waals surface area contributed by atoms with Crippen LogP contribution < -0.4 is 4.90 Å². The Balaban J connectivity index is 2.12. The predicted molar refractivity (Wildman–Crippen MR) is 92.4 cm³/mol. The van der Waals surface area contributed by atoms with Crippen LogP contribution in [0.4, 0.5) is 11.4 Å². The van der Waals surface area contributed by atoms with Crippen LogP contribution in [0.1, 0.15) is 24.0 Å². The number of rotatable bonds is 3. The van der Waals surface area contributed by atoms with Crippen molar-refractivity contribution in [3.63, 3.8) is 0 Å². The molecule has 0 aliphatic carbocycles. The normalized spacial score (nSPS) is 13.3. The zero-order valence-electron chi connectivity index (χ0n) is 12.2. The Morgan fingerprint density at radius 2 is 1.77 bits per heavy atom. The SMILES string of the molecule is O=C(CCCCl)N1c2ccccc2CCc2ccc(Cl)cc21. The lowest BCUT2D eigenvalue weighted by Crippen LogP contribution is -2.26. The van der Waals surface area contributed by atoms with Crippen molar-refractivity contribution in [3.8, 4) is 0 Å². The van der Waals surface area contributed by atoms with Crippen LogP contribution in [-0.2, 0) is 17.6 Å². The van der Waals surface area contributed by atoms with Gasteiger partial charge in [0.05, 0.1) is 11.4 Å². The van der Waals surface area contributed by atoms with E-state index in [-0.39, 0.29) is 5.91 Å². The monoisotopic (exact) mass is 333 g/mol. The summed E-state index contributed by atoms with van der Waals surface area (Å²) in [5.74, 6) is 0.558. The maximum absolute atomic E-state index is 12.8. The molecule has 22 heavy (non-hydrogen) atoms. The molecule has 0 saturated carbocycles. The van der Waals surface area contributed by atoms with Gasteiger partial charge in [-0.15, -0.1) is 11.6 Å². The quantitative estimate of drug-likeness (QED) is 0.713. The number of hydrogen-bond donors (Lipinski definition) is 0. The van der Waals surface area contributed by atoms with Crippen LogP contribution in [0.3, 0.4) is 0 Å². The maximum Gasteiger partial charge on any atom is 0.231 e. The van der Waals surface area contributed by atoms with Crippen LogP contribution in [-0.4, -0.2) is 11.8 Å². The Hall–Kier alpha value is -1.51. The van der Waals surface area contributed by atoms with Crippen molar-refractivity contribution in [3.05, 3.63) is 58.6 Å². The lowest BCUT2D eigenvalue weighted by molar-refractivity contribution is -0.117. The molecule has 0 unspecified atom stereocenters. The molecule has 3 rings (SSSR count). The van der Waals surface area contributed by atoms with E-state index >= 15 is 0 Å². The highest BCUT2D eigenvalue weighted by Crippen LogP contribution is 2.37. The molecule has 1 amide bonds. The van der Waals surface area contributed by atoms with Gasteiger partial charge < -0.3 is 0 Å². The molecule has 0 saturated heterocycles. The summed E-state index contributed by atoms with van der Waals surface area (Å²) in [5, 5.41) is 0.647. The summed E-state index contributed by atoms with van der Waals surface area (Å²) < 4.78 is 0. The molecular weight excluding hydrogens is 317 g/mol. The van der Waals surface area contributed by atoms with Crippen LogP contribution in [0.5, 0.6) is 0 Å². The van der Waals surface area contributed by atoms with E-state index in [0.29, 0.717) is 23.7 Å². The molecule has 1 aliphatic heterocycles. The fraction of sp³-hybridized carbons (Fsp3) is 0.278. The number of amides is 1. The van der Waals surface area contributed by atoms with Gasteiger partial charge in [-0.05, 0) is 48.6 Å². The first-order valence-corrected chi connectivity index (χ1v) is 8.37.